The summed E-state index contributed by atoms with van der Waals surface area (Å²) in [6.45, 7) is 3.86. The molecule has 0 saturated heterocycles. The van der Waals surface area contributed by atoms with E-state index in [2.05, 4.69) is 10.6 Å². The molecule has 1 rings (SSSR count). The second kappa shape index (κ2) is 6.05. The molecule has 17 heavy (non-hydrogen) atoms. The van der Waals surface area contributed by atoms with Gasteiger partial charge in [0.2, 0.25) is 5.91 Å². The van der Waals surface area contributed by atoms with Crippen LogP contribution in [-0.4, -0.2) is 24.4 Å². The first kappa shape index (κ1) is 13.2. The summed E-state index contributed by atoms with van der Waals surface area (Å²) >= 11 is 0. The second-order valence-electron chi connectivity index (χ2n) is 3.87. The van der Waals surface area contributed by atoms with E-state index >= 15 is 0 Å². The number of nitrogens with one attached hydrogen (secondary N) is 2. The molecule has 0 unspecified atom stereocenters. The van der Waals surface area contributed by atoms with Crippen molar-refractivity contribution >= 4 is 11.8 Å². The van der Waals surface area contributed by atoms with Gasteiger partial charge in [-0.25, -0.2) is 0 Å². The van der Waals surface area contributed by atoms with Crippen LogP contribution in [0.5, 0.6) is 0 Å². The molecular weight excluding hydrogens is 222 g/mol. The lowest BCUT2D eigenvalue weighted by Gasteiger charge is -2.08. The predicted octanol–water partition coefficient (Wildman–Crippen LogP) is -0.00730. The molecule has 0 aliphatic rings. The Kier molecular flexibility index (Phi) is 4.71. The van der Waals surface area contributed by atoms with Crippen molar-refractivity contribution in [1.29, 1.82) is 0 Å². The maximum atomic E-state index is 11.5. The van der Waals surface area contributed by atoms with Gasteiger partial charge in [-0.1, -0.05) is 0 Å². The summed E-state index contributed by atoms with van der Waals surface area (Å²) in [7, 11) is 0. The molecule has 1 aromatic heterocycles. The van der Waals surface area contributed by atoms with Crippen molar-refractivity contribution in [1.82, 2.24) is 10.6 Å². The second-order valence-corrected chi connectivity index (χ2v) is 3.87. The highest BCUT2D eigenvalue weighted by Crippen LogP contribution is 2.06. The van der Waals surface area contributed by atoms with Gasteiger partial charge >= 0.3 is 0 Å². The van der Waals surface area contributed by atoms with Gasteiger partial charge in [-0.05, 0) is 26.0 Å². The number of nitrogens with two attached hydrogens (primary N) is 1. The summed E-state index contributed by atoms with van der Waals surface area (Å²) in [4.78, 5) is 22.8. The van der Waals surface area contributed by atoms with Crippen LogP contribution in [0.1, 0.15) is 30.2 Å². The first-order valence-corrected chi connectivity index (χ1v) is 5.39. The normalized spacial score (nSPS) is 10.4. The monoisotopic (exact) mass is 239 g/mol. The summed E-state index contributed by atoms with van der Waals surface area (Å²) in [6.07, 6.45) is 0. The minimum atomic E-state index is -0.427. The Balaban J connectivity index is 2.42. The Bertz CT molecular complexity index is 398. The third kappa shape index (κ3) is 4.28. The van der Waals surface area contributed by atoms with Crippen molar-refractivity contribution in [2.75, 3.05) is 6.54 Å². The van der Waals surface area contributed by atoms with Crippen LogP contribution < -0.4 is 16.4 Å². The quantitative estimate of drug-likeness (QED) is 0.673. The topological polar surface area (TPSA) is 97.4 Å². The zero-order chi connectivity index (χ0) is 12.8. The lowest BCUT2D eigenvalue weighted by Crippen LogP contribution is -2.39. The van der Waals surface area contributed by atoms with Crippen LogP contribution >= 0.6 is 0 Å². The standard InChI is InChI=1S/C11H17N3O3/c1-7(2)14-10(15)6-13-11(16)9-4-3-8(5-12)17-9/h3-4,7H,5-6,12H2,1-2H3,(H,13,16)(H,14,15). The summed E-state index contributed by atoms with van der Waals surface area (Å²) in [5.41, 5.74) is 5.35. The molecule has 0 fully saturated rings. The number of furan rings is 1. The van der Waals surface area contributed by atoms with Gasteiger partial charge in [-0.2, -0.15) is 0 Å². The molecule has 0 saturated carbocycles. The van der Waals surface area contributed by atoms with Gasteiger partial charge < -0.3 is 20.8 Å². The van der Waals surface area contributed by atoms with E-state index in [0.29, 0.717) is 5.76 Å². The lowest BCUT2D eigenvalue weighted by atomic mass is 10.3. The maximum absolute atomic E-state index is 11.5. The van der Waals surface area contributed by atoms with Crippen LogP contribution in [0.25, 0.3) is 0 Å². The summed E-state index contributed by atoms with van der Waals surface area (Å²) < 4.78 is 5.14. The molecule has 0 atom stereocenters. The van der Waals surface area contributed by atoms with Crippen molar-refractivity contribution in [2.45, 2.75) is 26.4 Å². The van der Waals surface area contributed by atoms with Crippen LogP contribution in [0.2, 0.25) is 0 Å². The van der Waals surface area contributed by atoms with Gasteiger partial charge in [0.25, 0.3) is 5.91 Å². The number of rotatable bonds is 5. The van der Waals surface area contributed by atoms with E-state index in [4.69, 9.17) is 10.2 Å². The highest BCUT2D eigenvalue weighted by molar-refractivity contribution is 5.94. The minimum absolute atomic E-state index is 0.0480. The van der Waals surface area contributed by atoms with Gasteiger partial charge in [0.1, 0.15) is 5.76 Å². The van der Waals surface area contributed by atoms with E-state index in [0.717, 1.165) is 0 Å². The van der Waals surface area contributed by atoms with Gasteiger partial charge in [-0.3, -0.25) is 9.59 Å². The van der Waals surface area contributed by atoms with Crippen molar-refractivity contribution in [2.24, 2.45) is 5.73 Å². The average molecular weight is 239 g/mol. The number of carbonyl (C=O) groups is 2. The molecule has 1 heterocycles. The van der Waals surface area contributed by atoms with Gasteiger partial charge in [0, 0.05) is 6.04 Å². The molecule has 1 aromatic rings. The molecule has 0 bridgehead atoms. The molecule has 0 aromatic carbocycles. The first-order valence-electron chi connectivity index (χ1n) is 5.39. The molecule has 6 heteroatoms. The lowest BCUT2D eigenvalue weighted by molar-refractivity contribution is -0.120. The Labute approximate surface area is 99.5 Å². The van der Waals surface area contributed by atoms with Crippen LogP contribution in [0, 0.1) is 0 Å². The Morgan fingerprint density at radius 2 is 2.12 bits per heavy atom. The van der Waals surface area contributed by atoms with Crippen molar-refractivity contribution in [3.8, 4) is 0 Å². The third-order valence-electron chi connectivity index (χ3n) is 1.95. The van der Waals surface area contributed by atoms with Gasteiger partial charge in [-0.15, -0.1) is 0 Å². The van der Waals surface area contributed by atoms with E-state index in [1.165, 1.54) is 6.07 Å². The van der Waals surface area contributed by atoms with Crippen molar-refractivity contribution in [3.63, 3.8) is 0 Å². The molecule has 4 N–H and O–H groups in total. The number of hydrogen-bond acceptors (Lipinski definition) is 4. The average Bonchev–Trinajstić information content (AvgIpc) is 2.73. The highest BCUT2D eigenvalue weighted by Gasteiger charge is 2.12. The van der Waals surface area contributed by atoms with Gasteiger partial charge in [0.05, 0.1) is 13.1 Å². The van der Waals surface area contributed by atoms with E-state index < -0.39 is 5.91 Å². The zero-order valence-electron chi connectivity index (χ0n) is 9.95. The smallest absolute Gasteiger partial charge is 0.287 e. The van der Waals surface area contributed by atoms with Crippen molar-refractivity contribution < 1.29 is 14.0 Å². The fraction of sp³-hybridized carbons (Fsp3) is 0.455. The number of hydrogen-bond donors (Lipinski definition) is 3. The SMILES string of the molecule is CC(C)NC(=O)CNC(=O)c1ccc(CN)o1. The molecule has 94 valence electrons. The summed E-state index contributed by atoms with van der Waals surface area (Å²) in [5, 5.41) is 5.12. The fourth-order valence-electron chi connectivity index (χ4n) is 1.23. The van der Waals surface area contributed by atoms with Crippen LogP contribution in [0.15, 0.2) is 16.5 Å². The number of amides is 2. The molecule has 2 amide bonds. The van der Waals surface area contributed by atoms with Crippen LogP contribution in [0.3, 0.4) is 0 Å². The highest BCUT2D eigenvalue weighted by atomic mass is 16.4. The minimum Gasteiger partial charge on any atom is -0.455 e. The zero-order valence-corrected chi connectivity index (χ0v) is 9.95. The molecule has 0 aliphatic heterocycles. The maximum Gasteiger partial charge on any atom is 0.287 e. The van der Waals surface area contributed by atoms with Gasteiger partial charge in [0.15, 0.2) is 5.76 Å². The summed E-state index contributed by atoms with van der Waals surface area (Å²) in [5.74, 6) is 0.0205. The van der Waals surface area contributed by atoms with Crippen LogP contribution in [0.4, 0.5) is 0 Å². The third-order valence-corrected chi connectivity index (χ3v) is 1.95. The Morgan fingerprint density at radius 1 is 1.41 bits per heavy atom. The molecule has 0 spiro atoms. The first-order chi connectivity index (χ1) is 8.02. The Morgan fingerprint density at radius 3 is 2.65 bits per heavy atom. The summed E-state index contributed by atoms with van der Waals surface area (Å²) in [6, 6.07) is 3.20. The molecular formula is C11H17N3O3. The van der Waals surface area contributed by atoms with E-state index in [-0.39, 0.29) is 30.8 Å². The predicted molar refractivity (Wildman–Crippen MR) is 62.2 cm³/mol. The van der Waals surface area contributed by atoms with Crippen molar-refractivity contribution in [3.05, 3.63) is 23.7 Å². The molecule has 0 aliphatic carbocycles. The van der Waals surface area contributed by atoms with E-state index in [1.54, 1.807) is 6.07 Å². The molecule has 0 radical (unpaired) electrons. The van der Waals surface area contributed by atoms with Crippen LogP contribution in [-0.2, 0) is 11.3 Å². The molecule has 6 nitrogen and oxygen atoms in total. The van der Waals surface area contributed by atoms with E-state index in [9.17, 15) is 9.59 Å². The largest absolute Gasteiger partial charge is 0.455 e. The van der Waals surface area contributed by atoms with E-state index in [1.807, 2.05) is 13.8 Å². The fourth-order valence-corrected chi connectivity index (χ4v) is 1.23. The number of carbonyl (C=O) groups excluding carboxylic acids is 2. The Hall–Kier alpha value is -1.82.